The van der Waals surface area contributed by atoms with Crippen molar-refractivity contribution in [2.75, 3.05) is 0 Å². The zero-order valence-corrected chi connectivity index (χ0v) is 72.2. The van der Waals surface area contributed by atoms with Gasteiger partial charge in [0.2, 0.25) is 0 Å². The second kappa shape index (κ2) is 23.7. The van der Waals surface area contributed by atoms with Gasteiger partial charge in [-0.25, -0.2) is 0 Å². The number of benzene rings is 9. The van der Waals surface area contributed by atoms with Crippen molar-refractivity contribution in [3.63, 3.8) is 0 Å². The summed E-state index contributed by atoms with van der Waals surface area (Å²) in [5.41, 5.74) is 25.3. The Bertz CT molecular complexity index is 8400. The number of nitrogens with zero attached hydrogens (tertiary/aromatic N) is 3. The van der Waals surface area contributed by atoms with E-state index >= 15 is 0 Å². The Balaban J connectivity index is 0.0000000947. The van der Waals surface area contributed by atoms with Crippen molar-refractivity contribution in [1.82, 2.24) is 13.7 Å². The Kier molecular flexibility index (Phi) is 14.1. The molecule has 0 aliphatic heterocycles. The van der Waals surface area contributed by atoms with E-state index in [-0.39, 0.29) is 0 Å². The SMILES string of the molecule is Cc1ccc(-n2c3c4ccc(C)cc4sc3c3sc4c5sc6c7ccc(C)cc7sc6c5sc4c32)cc1.Cc1ccc(-n2c3cc(C)ccc3c3oc4c5sc6c7sc8cc(C)ccc8c7sc6c5sc4c32)cc1.Cc1ccc(-n2c3cc(C)ccc3c3sc4c5sc6c7sc8cc(C)ccc8c7sc6c5sc4c32)cc1. The van der Waals surface area contributed by atoms with Crippen LogP contribution < -0.4 is 0 Å². The summed E-state index contributed by atoms with van der Waals surface area (Å²) in [7, 11) is 0. The maximum atomic E-state index is 6.78. The molecule has 0 atom stereocenters. The lowest BCUT2D eigenvalue weighted by Gasteiger charge is -2.08. The highest BCUT2D eigenvalue weighted by Crippen LogP contribution is 2.61. The van der Waals surface area contributed by atoms with Crippen LogP contribution in [0.3, 0.4) is 0 Å². The van der Waals surface area contributed by atoms with Crippen LogP contribution in [0.2, 0.25) is 0 Å². The van der Waals surface area contributed by atoms with Crippen LogP contribution in [0, 0.1) is 62.3 Å². The predicted octanol–water partition coefficient (Wildman–Crippen LogP) is 34.9. The molecule has 0 saturated carbocycles. The van der Waals surface area contributed by atoms with E-state index in [1.54, 1.807) is 0 Å². The van der Waals surface area contributed by atoms with Crippen molar-refractivity contribution < 1.29 is 4.42 Å². The van der Waals surface area contributed by atoms with E-state index in [2.05, 4.69) is 258 Å². The van der Waals surface area contributed by atoms with E-state index in [1.807, 2.05) is 159 Å². The Morgan fingerprint density at radius 2 is 0.450 bits per heavy atom. The van der Waals surface area contributed by atoms with E-state index < -0.39 is 0 Å². The largest absolute Gasteiger partial charge is 0.451 e. The number of fused-ring (bicyclic) bond motifs is 39. The number of furan rings is 1. The third-order valence-electron chi connectivity index (χ3n) is 22.3. The highest BCUT2D eigenvalue weighted by molar-refractivity contribution is 7.51. The van der Waals surface area contributed by atoms with Crippen molar-refractivity contribution in [3.8, 4) is 17.1 Å². The molecule has 0 spiro atoms. The minimum atomic E-state index is 0.998. The summed E-state index contributed by atoms with van der Waals surface area (Å²) >= 11 is 27.6. The fourth-order valence-electron chi connectivity index (χ4n) is 17.0. The molecule has 18 heteroatoms. The molecule has 9 aromatic carbocycles. The highest BCUT2D eigenvalue weighted by Gasteiger charge is 2.31. The lowest BCUT2D eigenvalue weighted by Crippen LogP contribution is -1.93. The van der Waals surface area contributed by atoms with Gasteiger partial charge in [-0.15, -0.1) is 159 Å². The minimum Gasteiger partial charge on any atom is -0.451 e. The van der Waals surface area contributed by atoms with E-state index in [9.17, 15) is 0 Å². The zero-order valence-electron chi connectivity index (χ0n) is 60.8. The van der Waals surface area contributed by atoms with E-state index in [0.717, 1.165) is 11.2 Å². The Morgan fingerprint density at radius 3 is 0.910 bits per heavy atom. The third kappa shape index (κ3) is 9.34. The van der Waals surface area contributed by atoms with Gasteiger partial charge in [-0.1, -0.05) is 120 Å². The van der Waals surface area contributed by atoms with Crippen LogP contribution >= 0.6 is 159 Å². The first-order valence-electron chi connectivity index (χ1n) is 36.8. The Labute approximate surface area is 688 Å². The molecule has 0 radical (unpaired) electrons. The third-order valence-corrected chi connectivity index (χ3v) is 41.5. The molecule has 0 bridgehead atoms. The topological polar surface area (TPSA) is 27.9 Å². The molecule has 0 aliphatic carbocycles. The molecule has 0 amide bonds. The quantitative estimate of drug-likeness (QED) is 0.173. The van der Waals surface area contributed by atoms with Crippen molar-refractivity contribution in [2.45, 2.75) is 62.3 Å². The summed E-state index contributed by atoms with van der Waals surface area (Å²) < 4.78 is 54.4. The number of hydrogen-bond donors (Lipinski definition) is 0. The van der Waals surface area contributed by atoms with Crippen LogP contribution in [0.1, 0.15) is 50.1 Å². The minimum absolute atomic E-state index is 0.998. The van der Waals surface area contributed by atoms with Crippen LogP contribution in [0.25, 0.3) is 225 Å². The summed E-state index contributed by atoms with van der Waals surface area (Å²) in [5.74, 6) is 0. The van der Waals surface area contributed by atoms with Crippen LogP contribution in [-0.4, -0.2) is 13.7 Å². The second-order valence-corrected chi connectivity index (χ2v) is 44.5. The molecule has 18 heterocycles. The average Bonchev–Trinajstić information content (AvgIpc) is 1.53. The number of aryl methyl sites for hydroxylation is 9. The smallest absolute Gasteiger partial charge is 0.165 e. The molecular weight excluding hydrogens is 1620 g/mol. The van der Waals surface area contributed by atoms with Crippen molar-refractivity contribution >= 4 is 367 Å². The number of thiophene rings is 14. The molecule has 0 N–H and O–H groups in total. The van der Waals surface area contributed by atoms with E-state index in [4.69, 9.17) is 4.42 Å². The van der Waals surface area contributed by atoms with Gasteiger partial charge >= 0.3 is 0 Å². The van der Waals surface area contributed by atoms with Crippen LogP contribution in [0.15, 0.2) is 186 Å². The van der Waals surface area contributed by atoms with Crippen LogP contribution in [-0.2, 0) is 0 Å². The summed E-state index contributed by atoms with van der Waals surface area (Å²) in [4.78, 5) is 0. The lowest BCUT2D eigenvalue weighted by molar-refractivity contribution is 0.677. The van der Waals surface area contributed by atoms with Gasteiger partial charge in [-0.05, 0) is 175 Å². The highest BCUT2D eigenvalue weighted by atomic mass is 32.2. The lowest BCUT2D eigenvalue weighted by atomic mass is 10.2. The number of hydrogen-bond acceptors (Lipinski definition) is 15. The Morgan fingerprint density at radius 1 is 0.180 bits per heavy atom. The average molecular weight is 1680 g/mol. The summed E-state index contributed by atoms with van der Waals surface area (Å²) in [5, 5.41) is 8.14. The van der Waals surface area contributed by atoms with Gasteiger partial charge in [-0.3, -0.25) is 0 Å². The van der Waals surface area contributed by atoms with Crippen molar-refractivity contribution in [1.29, 1.82) is 0 Å². The summed E-state index contributed by atoms with van der Waals surface area (Å²) in [6, 6.07) is 68.1. The maximum Gasteiger partial charge on any atom is 0.165 e. The van der Waals surface area contributed by atoms with Crippen LogP contribution in [0.5, 0.6) is 0 Å². The molecule has 27 rings (SSSR count). The predicted molar refractivity (Wildman–Crippen MR) is 510 cm³/mol. The van der Waals surface area contributed by atoms with Gasteiger partial charge in [0.25, 0.3) is 0 Å². The number of rotatable bonds is 3. The fraction of sp³-hybridized carbons (Fsp3) is 0.0968. The van der Waals surface area contributed by atoms with E-state index in [0.29, 0.717) is 0 Å². The molecule has 18 aromatic heterocycles. The first-order chi connectivity index (χ1) is 54.1. The Hall–Kier alpha value is -8.64. The van der Waals surface area contributed by atoms with Gasteiger partial charge < -0.3 is 18.1 Å². The molecule has 111 heavy (non-hydrogen) atoms. The zero-order chi connectivity index (χ0) is 73.7. The van der Waals surface area contributed by atoms with Gasteiger partial charge in [0.15, 0.2) is 11.2 Å². The maximum absolute atomic E-state index is 6.78. The van der Waals surface area contributed by atoms with Crippen LogP contribution in [0.4, 0.5) is 0 Å². The second-order valence-electron chi connectivity index (χ2n) is 30.0. The van der Waals surface area contributed by atoms with Gasteiger partial charge in [0, 0.05) is 68.2 Å². The molecule has 0 unspecified atom stereocenters. The molecule has 4 nitrogen and oxygen atoms in total. The summed E-state index contributed by atoms with van der Waals surface area (Å²) in [6.45, 7) is 19.6. The standard InChI is InChI=1S/C31H19NOS4.2C31H19NS5/c1-14-4-8-17(9-5-14)32-20-12-15(2)6-10-18(20)23-22(32)26-24(33-23)27-29(36-26)31-30(37-27)28-25(35-31)19-11-7-16(3)13-21(19)34-28;1-14-4-8-17(9-5-14)32-20-12-15(2)6-10-18(20)23-22(32)25-27(34-23)29-31(36-25)30-28(37-29)26-24(35-30)19-11-7-16(3)13-21(19)33-26;1-14-4-8-17(9-5-14)32-22-18-10-6-15(2)12-20(18)33-25(22)26-23(32)27-29(36-26)31-30(37-27)28-24(35-31)19-11-7-16(3)13-21(19)34-28/h3*4-13H,1-3H3. The molecule has 0 saturated heterocycles. The first kappa shape index (κ1) is 65.9. The normalized spacial score (nSPS) is 12.7. The van der Waals surface area contributed by atoms with Gasteiger partial charge in [0.05, 0.1) is 140 Å². The fourth-order valence-corrected chi connectivity index (χ4v) is 38.2. The van der Waals surface area contributed by atoms with Gasteiger partial charge in [-0.2, -0.15) is 0 Å². The van der Waals surface area contributed by atoms with Gasteiger partial charge in [0.1, 0.15) is 5.52 Å². The molecule has 27 aromatic rings. The molecule has 0 fully saturated rings. The van der Waals surface area contributed by atoms with E-state index in [1.165, 1.54) is 264 Å². The molecule has 0 aliphatic rings. The molecule has 534 valence electrons. The molecular formula is C93H57N3OS14. The number of aromatic nitrogens is 3. The van der Waals surface area contributed by atoms with Crippen molar-refractivity contribution in [3.05, 3.63) is 232 Å². The first-order valence-corrected chi connectivity index (χ1v) is 48.2. The van der Waals surface area contributed by atoms with Crippen molar-refractivity contribution in [2.24, 2.45) is 0 Å². The monoisotopic (exact) mass is 1680 g/mol. The summed E-state index contributed by atoms with van der Waals surface area (Å²) in [6.07, 6.45) is 0.